The van der Waals surface area contributed by atoms with E-state index in [0.29, 0.717) is 21.5 Å². The number of carbonyl (C=O) groups excluding carboxylic acids is 2. The number of aromatic nitrogens is 1. The van der Waals surface area contributed by atoms with E-state index in [1.807, 2.05) is 0 Å². The lowest BCUT2D eigenvalue weighted by Crippen LogP contribution is -2.54. The number of ether oxygens (including phenoxy) is 1. The summed E-state index contributed by atoms with van der Waals surface area (Å²) >= 11 is 11.8. The van der Waals surface area contributed by atoms with Crippen molar-refractivity contribution in [2.45, 2.75) is 19.4 Å². The van der Waals surface area contributed by atoms with Gasteiger partial charge in [-0.3, -0.25) is 14.5 Å². The third-order valence-electron chi connectivity index (χ3n) is 3.75. The fourth-order valence-electron chi connectivity index (χ4n) is 2.53. The normalized spacial score (nSPS) is 15.2. The van der Waals surface area contributed by atoms with E-state index < -0.39 is 17.4 Å². The first-order valence-corrected chi connectivity index (χ1v) is 8.45. The first-order chi connectivity index (χ1) is 12.2. The molecular weight excluding hydrogens is 379 g/mol. The van der Waals surface area contributed by atoms with Crippen LogP contribution in [0, 0.1) is 0 Å². The van der Waals surface area contributed by atoms with Crippen molar-refractivity contribution in [2.75, 3.05) is 22.5 Å². The minimum Gasteiger partial charge on any atom is -0.474 e. The van der Waals surface area contributed by atoms with Crippen LogP contribution in [0.3, 0.4) is 0 Å². The molecule has 2 heterocycles. The molecule has 0 saturated heterocycles. The van der Waals surface area contributed by atoms with Crippen LogP contribution >= 0.6 is 23.2 Å². The molecule has 3 rings (SSSR count). The predicted octanol–water partition coefficient (Wildman–Crippen LogP) is 3.11. The van der Waals surface area contributed by atoms with Crippen LogP contribution < -0.4 is 20.7 Å². The van der Waals surface area contributed by atoms with Gasteiger partial charge in [-0.05, 0) is 44.2 Å². The third kappa shape index (κ3) is 3.54. The van der Waals surface area contributed by atoms with Crippen LogP contribution in [0.2, 0.25) is 10.0 Å². The van der Waals surface area contributed by atoms with Crippen LogP contribution in [0.25, 0.3) is 0 Å². The first-order valence-electron chi connectivity index (χ1n) is 7.70. The maximum Gasteiger partial charge on any atom is 0.272 e. The Morgan fingerprint density at radius 2 is 2.00 bits per heavy atom. The number of pyridine rings is 1. The average molecular weight is 395 g/mol. The molecule has 0 atom stereocenters. The Labute approximate surface area is 160 Å². The highest BCUT2D eigenvalue weighted by Gasteiger charge is 2.42. The summed E-state index contributed by atoms with van der Waals surface area (Å²) in [6.45, 7) is 2.99. The summed E-state index contributed by atoms with van der Waals surface area (Å²) in [6.07, 6.45) is 0. The number of anilines is 3. The van der Waals surface area contributed by atoms with Crippen molar-refractivity contribution in [3.8, 4) is 5.75 Å². The summed E-state index contributed by atoms with van der Waals surface area (Å²) < 4.78 is 5.67. The molecule has 0 unspecified atom stereocenters. The van der Waals surface area contributed by atoms with Gasteiger partial charge in [-0.25, -0.2) is 4.98 Å². The Balaban J connectivity index is 1.85. The molecule has 2 amide bonds. The zero-order valence-electron chi connectivity index (χ0n) is 14.0. The van der Waals surface area contributed by atoms with Gasteiger partial charge in [0.1, 0.15) is 12.4 Å². The number of hydrogen-bond donors (Lipinski definition) is 2. The summed E-state index contributed by atoms with van der Waals surface area (Å²) in [5.41, 5.74) is 5.04. The van der Waals surface area contributed by atoms with Crippen molar-refractivity contribution in [3.63, 3.8) is 0 Å². The second-order valence-electron chi connectivity index (χ2n) is 6.24. The molecule has 2 aromatic rings. The summed E-state index contributed by atoms with van der Waals surface area (Å²) in [5.74, 6) is -0.0171. The van der Waals surface area contributed by atoms with Crippen LogP contribution in [0.1, 0.15) is 13.8 Å². The Kier molecular flexibility index (Phi) is 4.68. The minimum atomic E-state index is -1.13. The van der Waals surface area contributed by atoms with Crippen molar-refractivity contribution in [3.05, 3.63) is 40.4 Å². The standard InChI is InChI=1S/C17H16Cl2N4O3/c1-17(2)16(25)23(15-12(26-17)5-6-13(20)22-15)8-14(24)21-9-3-4-10(18)11(19)7-9/h3-7H,8H2,1-2H3,(H2,20,22)(H,21,24). The highest BCUT2D eigenvalue weighted by Crippen LogP contribution is 2.36. The molecule has 0 bridgehead atoms. The summed E-state index contributed by atoms with van der Waals surface area (Å²) in [5, 5.41) is 3.37. The molecule has 0 radical (unpaired) electrons. The highest BCUT2D eigenvalue weighted by atomic mass is 35.5. The average Bonchev–Trinajstić information content (AvgIpc) is 2.56. The number of halogens is 2. The number of nitrogen functional groups attached to an aromatic ring is 1. The SMILES string of the molecule is CC1(C)Oc2ccc(N)nc2N(CC(=O)Nc2ccc(Cl)c(Cl)c2)C1=O. The van der Waals surface area contributed by atoms with Crippen molar-refractivity contribution in [1.82, 2.24) is 4.98 Å². The zero-order valence-corrected chi connectivity index (χ0v) is 15.6. The van der Waals surface area contributed by atoms with Gasteiger partial charge in [0.2, 0.25) is 5.91 Å². The molecule has 1 aliphatic heterocycles. The number of hydrogen-bond acceptors (Lipinski definition) is 5. The van der Waals surface area contributed by atoms with E-state index in [4.69, 9.17) is 33.7 Å². The van der Waals surface area contributed by atoms with E-state index in [1.54, 1.807) is 38.1 Å². The molecule has 1 aliphatic rings. The fraction of sp³-hybridized carbons (Fsp3) is 0.235. The van der Waals surface area contributed by atoms with E-state index in [1.165, 1.54) is 11.0 Å². The minimum absolute atomic E-state index is 0.207. The molecule has 26 heavy (non-hydrogen) atoms. The Bertz CT molecular complexity index is 902. The molecule has 7 nitrogen and oxygen atoms in total. The molecule has 0 spiro atoms. The maximum atomic E-state index is 12.7. The number of rotatable bonds is 3. The molecule has 0 aliphatic carbocycles. The number of benzene rings is 1. The Hall–Kier alpha value is -2.51. The number of nitrogens with zero attached hydrogens (tertiary/aromatic N) is 2. The third-order valence-corrected chi connectivity index (χ3v) is 4.49. The monoisotopic (exact) mass is 394 g/mol. The molecule has 1 aromatic carbocycles. The van der Waals surface area contributed by atoms with Crippen LogP contribution in [-0.4, -0.2) is 28.9 Å². The number of fused-ring (bicyclic) bond motifs is 1. The van der Waals surface area contributed by atoms with E-state index in [9.17, 15) is 9.59 Å². The van der Waals surface area contributed by atoms with Crippen molar-refractivity contribution >= 4 is 52.3 Å². The number of nitrogens with one attached hydrogen (secondary N) is 1. The van der Waals surface area contributed by atoms with Crippen LogP contribution in [0.4, 0.5) is 17.3 Å². The molecule has 0 fully saturated rings. The predicted molar refractivity (Wildman–Crippen MR) is 101 cm³/mol. The first kappa shape index (κ1) is 18.3. The quantitative estimate of drug-likeness (QED) is 0.833. The molecule has 1 aromatic heterocycles. The number of nitrogens with two attached hydrogens (primary N) is 1. The molecule has 9 heteroatoms. The fourth-order valence-corrected chi connectivity index (χ4v) is 2.83. The molecule has 3 N–H and O–H groups in total. The molecular formula is C17H16Cl2N4O3. The van der Waals surface area contributed by atoms with Gasteiger partial charge in [0.05, 0.1) is 10.0 Å². The summed E-state index contributed by atoms with van der Waals surface area (Å²) in [4.78, 5) is 30.5. The van der Waals surface area contributed by atoms with Crippen molar-refractivity contribution in [1.29, 1.82) is 0 Å². The van der Waals surface area contributed by atoms with Crippen LogP contribution in [-0.2, 0) is 9.59 Å². The largest absolute Gasteiger partial charge is 0.474 e. The van der Waals surface area contributed by atoms with Gasteiger partial charge in [0.15, 0.2) is 17.2 Å². The van der Waals surface area contributed by atoms with Gasteiger partial charge in [-0.1, -0.05) is 23.2 Å². The zero-order chi connectivity index (χ0) is 19.1. The maximum absolute atomic E-state index is 12.7. The van der Waals surface area contributed by atoms with E-state index >= 15 is 0 Å². The van der Waals surface area contributed by atoms with Crippen molar-refractivity contribution < 1.29 is 14.3 Å². The Morgan fingerprint density at radius 3 is 2.69 bits per heavy atom. The summed E-state index contributed by atoms with van der Waals surface area (Å²) in [6, 6.07) is 7.90. The number of amides is 2. The van der Waals surface area contributed by atoms with Gasteiger partial charge in [0, 0.05) is 5.69 Å². The van der Waals surface area contributed by atoms with Crippen LogP contribution in [0.5, 0.6) is 5.75 Å². The second-order valence-corrected chi connectivity index (χ2v) is 7.05. The highest BCUT2D eigenvalue weighted by molar-refractivity contribution is 6.42. The molecule has 136 valence electrons. The topological polar surface area (TPSA) is 97.6 Å². The lowest BCUT2D eigenvalue weighted by Gasteiger charge is -2.37. The smallest absolute Gasteiger partial charge is 0.272 e. The van der Waals surface area contributed by atoms with Crippen molar-refractivity contribution in [2.24, 2.45) is 0 Å². The lowest BCUT2D eigenvalue weighted by atomic mass is 10.1. The lowest BCUT2D eigenvalue weighted by molar-refractivity contribution is -0.133. The molecule has 0 saturated carbocycles. The van der Waals surface area contributed by atoms with Gasteiger partial charge in [-0.15, -0.1) is 0 Å². The van der Waals surface area contributed by atoms with E-state index in [0.717, 1.165) is 0 Å². The Morgan fingerprint density at radius 1 is 1.27 bits per heavy atom. The van der Waals surface area contributed by atoms with Gasteiger partial charge in [0.25, 0.3) is 5.91 Å². The van der Waals surface area contributed by atoms with Gasteiger partial charge < -0.3 is 15.8 Å². The van der Waals surface area contributed by atoms with Crippen LogP contribution in [0.15, 0.2) is 30.3 Å². The van der Waals surface area contributed by atoms with Gasteiger partial charge >= 0.3 is 0 Å². The second kappa shape index (κ2) is 6.66. The number of carbonyl (C=O) groups is 2. The summed E-state index contributed by atoms with van der Waals surface area (Å²) in [7, 11) is 0. The van der Waals surface area contributed by atoms with E-state index in [-0.39, 0.29) is 18.2 Å². The van der Waals surface area contributed by atoms with Gasteiger partial charge in [-0.2, -0.15) is 0 Å². The van der Waals surface area contributed by atoms with E-state index in [2.05, 4.69) is 10.3 Å².